The molecule has 1 aromatic carbocycles. The average molecular weight is 412 g/mol. The fraction of sp³-hybridized carbons (Fsp3) is 0.389. The molecule has 2 amide bonds. The van der Waals surface area contributed by atoms with Crippen LogP contribution in [0.5, 0.6) is 0 Å². The largest absolute Gasteiger partial charge is 0.352 e. The first-order chi connectivity index (χ1) is 12.6. The number of rotatable bonds is 5. The Labute approximate surface area is 169 Å². The van der Waals surface area contributed by atoms with Gasteiger partial charge in [-0.25, -0.2) is 0 Å². The first-order valence-corrected chi connectivity index (χ1v) is 9.11. The van der Waals surface area contributed by atoms with Crippen LogP contribution in [0, 0.1) is 0 Å². The monoisotopic (exact) mass is 411 g/mol. The number of anilines is 1. The predicted octanol–water partition coefficient (Wildman–Crippen LogP) is 2.88. The average Bonchev–Trinajstić information content (AvgIpc) is 3.14. The van der Waals surface area contributed by atoms with Crippen LogP contribution in [0.3, 0.4) is 0 Å². The van der Waals surface area contributed by atoms with Crippen molar-refractivity contribution in [3.63, 3.8) is 0 Å². The van der Waals surface area contributed by atoms with Gasteiger partial charge < -0.3 is 16.0 Å². The molecule has 0 aliphatic carbocycles. The zero-order chi connectivity index (χ0) is 18.5. The third-order valence-corrected chi connectivity index (χ3v) is 4.53. The third kappa shape index (κ3) is 5.22. The molecule has 3 rings (SSSR count). The standard InChI is InChI=1S/C18H22ClN5O2.ClH/c1-2-21-17(25)14-10-12(19)5-6-15(14)22-18(26)16-7-9-24(23-16)13-4-3-8-20-11-13;/h5-7,9-10,13,20H,2-4,8,11H2,1H3,(H,21,25)(H,22,26);1H. The number of aromatic nitrogens is 2. The Kier molecular flexibility index (Phi) is 7.65. The highest BCUT2D eigenvalue weighted by Gasteiger charge is 2.19. The van der Waals surface area contributed by atoms with Gasteiger partial charge in [-0.2, -0.15) is 5.10 Å². The van der Waals surface area contributed by atoms with E-state index in [0.717, 1.165) is 25.9 Å². The van der Waals surface area contributed by atoms with E-state index >= 15 is 0 Å². The van der Waals surface area contributed by atoms with Crippen molar-refractivity contribution in [2.75, 3.05) is 25.0 Å². The first kappa shape index (κ1) is 21.2. The van der Waals surface area contributed by atoms with Crippen molar-refractivity contribution in [1.29, 1.82) is 0 Å². The molecule has 1 aliphatic rings. The molecule has 0 bridgehead atoms. The number of amides is 2. The van der Waals surface area contributed by atoms with Crippen LogP contribution in [-0.2, 0) is 0 Å². The van der Waals surface area contributed by atoms with Crippen molar-refractivity contribution in [3.05, 3.63) is 46.7 Å². The SMILES string of the molecule is CCNC(=O)c1cc(Cl)ccc1NC(=O)c1ccn(C2CCCNC2)n1.Cl. The molecule has 2 aromatic rings. The minimum atomic E-state index is -0.361. The Balaban J connectivity index is 0.00000261. The van der Waals surface area contributed by atoms with Gasteiger partial charge in [-0.1, -0.05) is 11.6 Å². The molecule has 9 heteroatoms. The van der Waals surface area contributed by atoms with E-state index in [9.17, 15) is 9.59 Å². The molecule has 2 heterocycles. The second-order valence-corrected chi connectivity index (χ2v) is 6.62. The summed E-state index contributed by atoms with van der Waals surface area (Å²) in [6.07, 6.45) is 3.94. The maximum atomic E-state index is 12.6. The summed E-state index contributed by atoms with van der Waals surface area (Å²) in [7, 11) is 0. The van der Waals surface area contributed by atoms with E-state index < -0.39 is 0 Å². The summed E-state index contributed by atoms with van der Waals surface area (Å²) >= 11 is 5.99. The van der Waals surface area contributed by atoms with Gasteiger partial charge in [0.05, 0.1) is 17.3 Å². The highest BCUT2D eigenvalue weighted by Crippen LogP contribution is 2.22. The number of nitrogens with one attached hydrogen (secondary N) is 3. The highest BCUT2D eigenvalue weighted by atomic mass is 35.5. The molecule has 1 aliphatic heterocycles. The van der Waals surface area contributed by atoms with Crippen LogP contribution >= 0.6 is 24.0 Å². The van der Waals surface area contributed by atoms with E-state index in [1.165, 1.54) is 6.07 Å². The third-order valence-electron chi connectivity index (χ3n) is 4.30. The van der Waals surface area contributed by atoms with Gasteiger partial charge >= 0.3 is 0 Å². The van der Waals surface area contributed by atoms with Gasteiger partial charge in [0.1, 0.15) is 0 Å². The molecule has 0 saturated carbocycles. The van der Waals surface area contributed by atoms with Crippen molar-refractivity contribution < 1.29 is 9.59 Å². The second kappa shape index (κ2) is 9.73. The molecule has 1 aromatic heterocycles. The first-order valence-electron chi connectivity index (χ1n) is 8.73. The molecule has 0 spiro atoms. The van der Waals surface area contributed by atoms with Crippen LogP contribution in [0.1, 0.15) is 46.7 Å². The lowest BCUT2D eigenvalue weighted by molar-refractivity contribution is 0.0956. The number of halogens is 2. The van der Waals surface area contributed by atoms with Crippen LogP contribution < -0.4 is 16.0 Å². The smallest absolute Gasteiger partial charge is 0.276 e. The summed E-state index contributed by atoms with van der Waals surface area (Å²) in [4.78, 5) is 24.8. The molecular formula is C18H23Cl2N5O2. The van der Waals surface area contributed by atoms with Gasteiger partial charge in [-0.15, -0.1) is 12.4 Å². The summed E-state index contributed by atoms with van der Waals surface area (Å²) in [6.45, 7) is 4.18. The zero-order valence-electron chi connectivity index (χ0n) is 15.0. The van der Waals surface area contributed by atoms with Crippen LogP contribution in [0.2, 0.25) is 5.02 Å². The van der Waals surface area contributed by atoms with E-state index in [4.69, 9.17) is 11.6 Å². The molecule has 1 atom stereocenters. The van der Waals surface area contributed by atoms with Crippen molar-refractivity contribution in [3.8, 4) is 0 Å². The minimum absolute atomic E-state index is 0. The summed E-state index contributed by atoms with van der Waals surface area (Å²) in [5, 5.41) is 13.6. The summed E-state index contributed by atoms with van der Waals surface area (Å²) in [5.41, 5.74) is 1.04. The number of nitrogens with zero attached hydrogens (tertiary/aromatic N) is 2. The van der Waals surface area contributed by atoms with Crippen molar-refractivity contribution in [2.45, 2.75) is 25.8 Å². The van der Waals surface area contributed by atoms with Crippen LogP contribution in [0.25, 0.3) is 0 Å². The molecule has 0 radical (unpaired) electrons. The minimum Gasteiger partial charge on any atom is -0.352 e. The molecule has 7 nitrogen and oxygen atoms in total. The maximum absolute atomic E-state index is 12.6. The Morgan fingerprint density at radius 3 is 2.85 bits per heavy atom. The molecule has 27 heavy (non-hydrogen) atoms. The molecule has 1 fully saturated rings. The summed E-state index contributed by atoms with van der Waals surface area (Å²) in [6, 6.07) is 6.73. The van der Waals surface area contributed by atoms with E-state index in [1.807, 2.05) is 17.8 Å². The second-order valence-electron chi connectivity index (χ2n) is 6.18. The Bertz CT molecular complexity index is 803. The molecule has 3 N–H and O–H groups in total. The van der Waals surface area contributed by atoms with Crippen molar-refractivity contribution in [2.24, 2.45) is 0 Å². The van der Waals surface area contributed by atoms with E-state index in [0.29, 0.717) is 28.5 Å². The Morgan fingerprint density at radius 2 is 2.15 bits per heavy atom. The lowest BCUT2D eigenvalue weighted by Crippen LogP contribution is -2.32. The number of piperidine rings is 1. The topological polar surface area (TPSA) is 88.0 Å². The fourth-order valence-corrected chi connectivity index (χ4v) is 3.15. The summed E-state index contributed by atoms with van der Waals surface area (Å²) < 4.78 is 1.83. The number of carbonyl (C=O) groups excluding carboxylic acids is 2. The van der Waals surface area contributed by atoms with Gasteiger partial charge in [0.15, 0.2) is 5.69 Å². The van der Waals surface area contributed by atoms with Crippen LogP contribution in [-0.4, -0.2) is 41.2 Å². The lowest BCUT2D eigenvalue weighted by Gasteiger charge is -2.22. The molecule has 146 valence electrons. The van der Waals surface area contributed by atoms with Crippen molar-refractivity contribution in [1.82, 2.24) is 20.4 Å². The van der Waals surface area contributed by atoms with E-state index in [1.54, 1.807) is 18.2 Å². The van der Waals surface area contributed by atoms with Gasteiger partial charge in [-0.3, -0.25) is 14.3 Å². The van der Waals surface area contributed by atoms with Gasteiger partial charge in [0.25, 0.3) is 11.8 Å². The van der Waals surface area contributed by atoms with Crippen LogP contribution in [0.15, 0.2) is 30.5 Å². The number of hydrogen-bond donors (Lipinski definition) is 3. The fourth-order valence-electron chi connectivity index (χ4n) is 2.98. The van der Waals surface area contributed by atoms with E-state index in [2.05, 4.69) is 21.0 Å². The molecule has 1 unspecified atom stereocenters. The number of carbonyl (C=O) groups is 2. The lowest BCUT2D eigenvalue weighted by atomic mass is 10.1. The highest BCUT2D eigenvalue weighted by molar-refractivity contribution is 6.31. The van der Waals surface area contributed by atoms with Gasteiger partial charge in [0, 0.05) is 24.3 Å². The van der Waals surface area contributed by atoms with Crippen LogP contribution in [0.4, 0.5) is 5.69 Å². The normalized spacial score (nSPS) is 16.3. The summed E-state index contributed by atoms with van der Waals surface area (Å²) in [5.74, 6) is -0.649. The number of hydrogen-bond acceptors (Lipinski definition) is 4. The van der Waals surface area contributed by atoms with Gasteiger partial charge in [-0.05, 0) is 50.6 Å². The quantitative estimate of drug-likeness (QED) is 0.705. The van der Waals surface area contributed by atoms with Crippen molar-refractivity contribution >= 4 is 41.5 Å². The number of benzene rings is 1. The Hall–Kier alpha value is -2.09. The van der Waals surface area contributed by atoms with Gasteiger partial charge in [0.2, 0.25) is 0 Å². The Morgan fingerprint density at radius 1 is 1.33 bits per heavy atom. The molecular weight excluding hydrogens is 389 g/mol. The molecule has 1 saturated heterocycles. The van der Waals surface area contributed by atoms with E-state index in [-0.39, 0.29) is 30.3 Å². The predicted molar refractivity (Wildman–Crippen MR) is 108 cm³/mol. The maximum Gasteiger partial charge on any atom is 0.276 e. The zero-order valence-corrected chi connectivity index (χ0v) is 16.6.